The Morgan fingerprint density at radius 3 is 2.58 bits per heavy atom. The molecule has 0 atom stereocenters. The third-order valence-corrected chi connectivity index (χ3v) is 3.73. The lowest BCUT2D eigenvalue weighted by molar-refractivity contribution is -0.149. The number of pyridine rings is 1. The minimum Gasteiger partial charge on any atom is -0.481 e. The zero-order chi connectivity index (χ0) is 14.0. The number of hydrogen-bond acceptors (Lipinski definition) is 4. The van der Waals surface area contributed by atoms with Gasteiger partial charge in [0, 0.05) is 12.1 Å². The summed E-state index contributed by atoms with van der Waals surface area (Å²) in [6.07, 6.45) is 1.39. The molecule has 2 aromatic heterocycles. The quantitative estimate of drug-likeness (QED) is 0.896. The maximum absolute atomic E-state index is 11.5. The van der Waals surface area contributed by atoms with E-state index in [2.05, 4.69) is 9.97 Å². The summed E-state index contributed by atoms with van der Waals surface area (Å²) in [4.78, 5) is 20.0. The van der Waals surface area contributed by atoms with E-state index >= 15 is 0 Å². The number of hydrogen-bond donors (Lipinski definition) is 1. The molecule has 0 saturated carbocycles. The minimum absolute atomic E-state index is 0.296. The molecule has 0 amide bonds. The maximum Gasteiger partial charge on any atom is 0.310 e. The van der Waals surface area contributed by atoms with E-state index in [1.54, 1.807) is 0 Å². The molecule has 0 fully saturated rings. The predicted octanol–water partition coefficient (Wildman–Crippen LogP) is 2.96. The molecule has 5 nitrogen and oxygen atoms in total. The molecular formula is C14H18N2O3. The Morgan fingerprint density at radius 2 is 2.00 bits per heavy atom. The lowest BCUT2D eigenvalue weighted by Crippen LogP contribution is -2.32. The summed E-state index contributed by atoms with van der Waals surface area (Å²) in [5.41, 5.74) is 1.20. The molecule has 0 aliphatic carbocycles. The second-order valence-corrected chi connectivity index (χ2v) is 4.85. The van der Waals surface area contributed by atoms with Gasteiger partial charge in [-0.25, -0.2) is 4.98 Å². The van der Waals surface area contributed by atoms with Crippen LogP contribution < -0.4 is 0 Å². The van der Waals surface area contributed by atoms with Gasteiger partial charge in [-0.2, -0.15) is 4.98 Å². The number of aromatic nitrogens is 2. The van der Waals surface area contributed by atoms with E-state index in [1.165, 1.54) is 0 Å². The molecule has 2 heterocycles. The molecule has 0 unspecified atom stereocenters. The Bertz CT molecular complexity index is 600. The van der Waals surface area contributed by atoms with Gasteiger partial charge in [0.15, 0.2) is 17.1 Å². The summed E-state index contributed by atoms with van der Waals surface area (Å²) >= 11 is 0. The second-order valence-electron chi connectivity index (χ2n) is 4.85. The average molecular weight is 262 g/mol. The van der Waals surface area contributed by atoms with E-state index in [4.69, 9.17) is 4.42 Å². The first kappa shape index (κ1) is 13.5. The molecule has 0 aliphatic rings. The second kappa shape index (κ2) is 4.99. The third kappa shape index (κ3) is 2.45. The number of rotatable bonds is 5. The van der Waals surface area contributed by atoms with Gasteiger partial charge in [0.2, 0.25) is 0 Å². The summed E-state index contributed by atoms with van der Waals surface area (Å²) in [5.74, 6) is -0.358. The molecule has 2 rings (SSSR count). The van der Waals surface area contributed by atoms with Gasteiger partial charge in [-0.15, -0.1) is 0 Å². The van der Waals surface area contributed by atoms with Crippen LogP contribution in [0.2, 0.25) is 0 Å². The standard InChI is InChI=1S/C14H18N2O3/c1-4-14(5-2,13(17)18)8-11-16-12-10(19-11)7-6-9(3)15-12/h6-7H,4-5,8H2,1-3H3,(H,17,18). The first-order valence-corrected chi connectivity index (χ1v) is 6.47. The van der Waals surface area contributed by atoms with Crippen LogP contribution in [0.25, 0.3) is 11.2 Å². The van der Waals surface area contributed by atoms with Crippen molar-refractivity contribution < 1.29 is 14.3 Å². The monoisotopic (exact) mass is 262 g/mol. The highest BCUT2D eigenvalue weighted by Crippen LogP contribution is 2.32. The van der Waals surface area contributed by atoms with Crippen LogP contribution in [0.3, 0.4) is 0 Å². The Labute approximate surface area is 111 Å². The molecule has 0 radical (unpaired) electrons. The minimum atomic E-state index is -0.810. The summed E-state index contributed by atoms with van der Waals surface area (Å²) in [7, 11) is 0. The molecule has 0 aromatic carbocycles. The zero-order valence-electron chi connectivity index (χ0n) is 11.4. The van der Waals surface area contributed by atoms with Crippen molar-refractivity contribution in [1.29, 1.82) is 0 Å². The lowest BCUT2D eigenvalue weighted by Gasteiger charge is -2.24. The largest absolute Gasteiger partial charge is 0.481 e. The van der Waals surface area contributed by atoms with Crippen LogP contribution in [0.5, 0.6) is 0 Å². The first-order chi connectivity index (χ1) is 9.00. The van der Waals surface area contributed by atoms with Crippen LogP contribution in [-0.2, 0) is 11.2 Å². The van der Waals surface area contributed by atoms with Gasteiger partial charge >= 0.3 is 5.97 Å². The SMILES string of the molecule is CCC(CC)(Cc1nc2nc(C)ccc2o1)C(=O)O. The van der Waals surface area contributed by atoms with Crippen LogP contribution in [0.4, 0.5) is 0 Å². The van der Waals surface area contributed by atoms with Gasteiger partial charge in [-0.3, -0.25) is 4.79 Å². The number of carboxylic acids is 1. The molecular weight excluding hydrogens is 244 g/mol. The van der Waals surface area contributed by atoms with E-state index in [1.807, 2.05) is 32.9 Å². The molecule has 1 N–H and O–H groups in total. The zero-order valence-corrected chi connectivity index (χ0v) is 11.4. The Morgan fingerprint density at radius 1 is 1.32 bits per heavy atom. The van der Waals surface area contributed by atoms with Crippen LogP contribution in [0.15, 0.2) is 16.5 Å². The predicted molar refractivity (Wildman–Crippen MR) is 70.9 cm³/mol. The molecule has 0 saturated heterocycles. The molecule has 0 spiro atoms. The maximum atomic E-state index is 11.5. The third-order valence-electron chi connectivity index (χ3n) is 3.73. The average Bonchev–Trinajstić information content (AvgIpc) is 2.77. The van der Waals surface area contributed by atoms with Crippen LogP contribution in [0, 0.1) is 12.3 Å². The summed E-state index contributed by atoms with van der Waals surface area (Å²) in [5, 5.41) is 9.42. The van der Waals surface area contributed by atoms with Gasteiger partial charge in [-0.1, -0.05) is 13.8 Å². The number of oxazole rings is 1. The number of carbonyl (C=O) groups is 1. The van der Waals surface area contributed by atoms with E-state index in [0.717, 1.165) is 5.69 Å². The lowest BCUT2D eigenvalue weighted by atomic mass is 9.79. The first-order valence-electron chi connectivity index (χ1n) is 6.47. The Hall–Kier alpha value is -1.91. The van der Waals surface area contributed by atoms with Gasteiger partial charge in [0.05, 0.1) is 5.41 Å². The van der Waals surface area contributed by atoms with Crippen molar-refractivity contribution in [3.63, 3.8) is 0 Å². The van der Waals surface area contributed by atoms with Crippen molar-refractivity contribution in [2.45, 2.75) is 40.0 Å². The smallest absolute Gasteiger partial charge is 0.310 e. The van der Waals surface area contributed by atoms with Crippen molar-refractivity contribution >= 4 is 17.2 Å². The number of aryl methyl sites for hydroxylation is 1. The van der Waals surface area contributed by atoms with Crippen molar-refractivity contribution in [2.75, 3.05) is 0 Å². The van der Waals surface area contributed by atoms with E-state index < -0.39 is 11.4 Å². The number of nitrogens with zero attached hydrogens (tertiary/aromatic N) is 2. The summed E-state index contributed by atoms with van der Waals surface area (Å²) in [6, 6.07) is 3.66. The Balaban J connectivity index is 2.36. The molecule has 0 aliphatic heterocycles. The fourth-order valence-corrected chi connectivity index (χ4v) is 2.20. The van der Waals surface area contributed by atoms with Crippen molar-refractivity contribution in [2.24, 2.45) is 5.41 Å². The van der Waals surface area contributed by atoms with Gasteiger partial charge in [-0.05, 0) is 31.9 Å². The number of carboxylic acid groups (broad SMARTS) is 1. The van der Waals surface area contributed by atoms with Crippen LogP contribution in [-0.4, -0.2) is 21.0 Å². The van der Waals surface area contributed by atoms with Gasteiger partial charge in [0.1, 0.15) is 0 Å². The highest BCUT2D eigenvalue weighted by atomic mass is 16.4. The number of fused-ring (bicyclic) bond motifs is 1. The van der Waals surface area contributed by atoms with Crippen LogP contribution in [0.1, 0.15) is 38.3 Å². The van der Waals surface area contributed by atoms with E-state index in [0.29, 0.717) is 36.4 Å². The molecule has 0 bridgehead atoms. The highest BCUT2D eigenvalue weighted by Gasteiger charge is 2.36. The van der Waals surface area contributed by atoms with Gasteiger partial charge in [0.25, 0.3) is 0 Å². The molecule has 5 heteroatoms. The summed E-state index contributed by atoms with van der Waals surface area (Å²) in [6.45, 7) is 5.64. The molecule has 19 heavy (non-hydrogen) atoms. The fraction of sp³-hybridized carbons (Fsp3) is 0.500. The van der Waals surface area contributed by atoms with Crippen molar-refractivity contribution in [3.8, 4) is 0 Å². The highest BCUT2D eigenvalue weighted by molar-refractivity contribution is 5.75. The summed E-state index contributed by atoms with van der Waals surface area (Å²) < 4.78 is 5.60. The fourth-order valence-electron chi connectivity index (χ4n) is 2.20. The molecule has 102 valence electrons. The molecule has 2 aromatic rings. The van der Waals surface area contributed by atoms with Crippen LogP contribution >= 0.6 is 0 Å². The van der Waals surface area contributed by atoms with Crippen molar-refractivity contribution in [1.82, 2.24) is 9.97 Å². The normalized spacial score (nSPS) is 11.9. The van der Waals surface area contributed by atoms with Gasteiger partial charge < -0.3 is 9.52 Å². The van der Waals surface area contributed by atoms with E-state index in [-0.39, 0.29) is 0 Å². The topological polar surface area (TPSA) is 76.2 Å². The van der Waals surface area contributed by atoms with Crippen molar-refractivity contribution in [3.05, 3.63) is 23.7 Å². The van der Waals surface area contributed by atoms with E-state index in [9.17, 15) is 9.90 Å². The Kier molecular flexibility index (Phi) is 3.55. The number of aliphatic carboxylic acids is 1.